The average molecular weight is 268 g/mol. The topological polar surface area (TPSA) is 34.1 Å². The molecule has 1 aromatic carbocycles. The largest absolute Gasteiger partial charge is 0.497 e. The highest BCUT2D eigenvalue weighted by Crippen LogP contribution is 2.33. The molecular weight excluding hydrogens is 248 g/mol. The van der Waals surface area contributed by atoms with Crippen molar-refractivity contribution in [1.29, 1.82) is 0 Å². The van der Waals surface area contributed by atoms with Crippen LogP contribution in [0.5, 0.6) is 5.75 Å². The molecule has 0 saturated heterocycles. The van der Waals surface area contributed by atoms with Crippen molar-refractivity contribution in [3.05, 3.63) is 58.9 Å². The molecule has 0 bridgehead atoms. The number of pyridine rings is 1. The number of aromatic nitrogens is 1. The van der Waals surface area contributed by atoms with E-state index in [9.17, 15) is 0 Å². The van der Waals surface area contributed by atoms with Gasteiger partial charge in [-0.2, -0.15) is 0 Å². The van der Waals surface area contributed by atoms with Gasteiger partial charge in [0, 0.05) is 25.0 Å². The van der Waals surface area contributed by atoms with Crippen LogP contribution in [-0.2, 0) is 13.0 Å². The summed E-state index contributed by atoms with van der Waals surface area (Å²) in [5, 5.41) is 3.65. The van der Waals surface area contributed by atoms with E-state index >= 15 is 0 Å². The van der Waals surface area contributed by atoms with E-state index < -0.39 is 0 Å². The van der Waals surface area contributed by atoms with Crippen molar-refractivity contribution in [2.24, 2.45) is 0 Å². The quantitative estimate of drug-likeness (QED) is 0.924. The molecule has 2 aromatic rings. The number of methoxy groups -OCH3 is 1. The highest BCUT2D eigenvalue weighted by molar-refractivity contribution is 5.40. The molecule has 1 heterocycles. The summed E-state index contributed by atoms with van der Waals surface area (Å²) in [6.07, 6.45) is 6.09. The zero-order chi connectivity index (χ0) is 13.9. The molecule has 0 amide bonds. The second kappa shape index (κ2) is 5.63. The van der Waals surface area contributed by atoms with Crippen molar-refractivity contribution in [2.45, 2.75) is 32.4 Å². The van der Waals surface area contributed by atoms with Gasteiger partial charge in [0.2, 0.25) is 0 Å². The molecule has 1 aliphatic rings. The van der Waals surface area contributed by atoms with E-state index in [2.05, 4.69) is 35.4 Å². The highest BCUT2D eigenvalue weighted by Gasteiger charge is 2.22. The van der Waals surface area contributed by atoms with Crippen molar-refractivity contribution >= 4 is 0 Å². The summed E-state index contributed by atoms with van der Waals surface area (Å²) in [6, 6.07) is 8.87. The molecule has 1 N–H and O–H groups in total. The van der Waals surface area contributed by atoms with E-state index in [0.29, 0.717) is 6.04 Å². The van der Waals surface area contributed by atoms with Crippen LogP contribution in [0.3, 0.4) is 0 Å². The van der Waals surface area contributed by atoms with Crippen molar-refractivity contribution < 1.29 is 4.74 Å². The van der Waals surface area contributed by atoms with E-state index in [-0.39, 0.29) is 0 Å². The highest BCUT2D eigenvalue weighted by atomic mass is 16.5. The molecule has 104 valence electrons. The summed E-state index contributed by atoms with van der Waals surface area (Å²) in [5.74, 6) is 0.940. The first-order chi connectivity index (χ1) is 9.78. The SMILES string of the molecule is COc1ccc2c(c1)C(NCc1cnccc1C)CC2. The number of rotatable bonds is 4. The van der Waals surface area contributed by atoms with Gasteiger partial charge in [-0.3, -0.25) is 4.98 Å². The summed E-state index contributed by atoms with van der Waals surface area (Å²) in [7, 11) is 1.72. The van der Waals surface area contributed by atoms with E-state index in [1.54, 1.807) is 7.11 Å². The summed E-state index contributed by atoms with van der Waals surface area (Å²) in [4.78, 5) is 4.20. The maximum absolute atomic E-state index is 5.33. The molecule has 0 radical (unpaired) electrons. The first kappa shape index (κ1) is 13.1. The Morgan fingerprint density at radius 1 is 1.35 bits per heavy atom. The third-order valence-corrected chi connectivity index (χ3v) is 4.12. The van der Waals surface area contributed by atoms with Gasteiger partial charge in [-0.25, -0.2) is 0 Å². The standard InChI is InChI=1S/C17H20N2O/c1-12-7-8-18-10-14(12)11-19-17-6-4-13-3-5-15(20-2)9-16(13)17/h3,5,7-10,17,19H,4,6,11H2,1-2H3. The Balaban J connectivity index is 1.73. The number of nitrogens with one attached hydrogen (secondary N) is 1. The summed E-state index contributed by atoms with van der Waals surface area (Å²) >= 11 is 0. The van der Waals surface area contributed by atoms with Crippen LogP contribution in [0.4, 0.5) is 0 Å². The van der Waals surface area contributed by atoms with E-state index in [0.717, 1.165) is 25.1 Å². The summed E-state index contributed by atoms with van der Waals surface area (Å²) < 4.78 is 5.33. The van der Waals surface area contributed by atoms with Gasteiger partial charge in [-0.05, 0) is 60.2 Å². The van der Waals surface area contributed by atoms with Gasteiger partial charge < -0.3 is 10.1 Å². The fourth-order valence-electron chi connectivity index (χ4n) is 2.83. The van der Waals surface area contributed by atoms with E-state index in [1.165, 1.54) is 22.3 Å². The van der Waals surface area contributed by atoms with Gasteiger partial charge in [-0.1, -0.05) is 6.07 Å². The number of ether oxygens (including phenoxy) is 1. The minimum atomic E-state index is 0.416. The Morgan fingerprint density at radius 3 is 3.05 bits per heavy atom. The molecule has 1 aromatic heterocycles. The van der Waals surface area contributed by atoms with E-state index in [4.69, 9.17) is 4.74 Å². The van der Waals surface area contributed by atoms with Crippen LogP contribution in [0, 0.1) is 6.92 Å². The second-order valence-corrected chi connectivity index (χ2v) is 5.34. The lowest BCUT2D eigenvalue weighted by atomic mass is 10.1. The lowest BCUT2D eigenvalue weighted by molar-refractivity contribution is 0.413. The third kappa shape index (κ3) is 2.54. The minimum Gasteiger partial charge on any atom is -0.497 e. The fraction of sp³-hybridized carbons (Fsp3) is 0.353. The lowest BCUT2D eigenvalue weighted by Gasteiger charge is -2.15. The molecule has 20 heavy (non-hydrogen) atoms. The summed E-state index contributed by atoms with van der Waals surface area (Å²) in [6.45, 7) is 2.99. The van der Waals surface area contributed by atoms with Crippen molar-refractivity contribution in [3.8, 4) is 5.75 Å². The van der Waals surface area contributed by atoms with Gasteiger partial charge in [0.25, 0.3) is 0 Å². The van der Waals surface area contributed by atoms with Gasteiger partial charge >= 0.3 is 0 Å². The monoisotopic (exact) mass is 268 g/mol. The summed E-state index contributed by atoms with van der Waals surface area (Å²) in [5.41, 5.74) is 5.37. The Hall–Kier alpha value is -1.87. The first-order valence-electron chi connectivity index (χ1n) is 7.07. The molecule has 1 unspecified atom stereocenters. The molecule has 1 aliphatic carbocycles. The molecule has 0 spiro atoms. The number of nitrogens with zero attached hydrogens (tertiary/aromatic N) is 1. The van der Waals surface area contributed by atoms with Gasteiger partial charge in [0.15, 0.2) is 0 Å². The average Bonchev–Trinajstić information content (AvgIpc) is 2.88. The molecule has 3 heteroatoms. The first-order valence-corrected chi connectivity index (χ1v) is 7.07. The van der Waals surface area contributed by atoms with Gasteiger partial charge in [0.1, 0.15) is 5.75 Å². The number of benzene rings is 1. The Kier molecular flexibility index (Phi) is 3.70. The zero-order valence-corrected chi connectivity index (χ0v) is 12.0. The van der Waals surface area contributed by atoms with Crippen molar-refractivity contribution in [3.63, 3.8) is 0 Å². The van der Waals surface area contributed by atoms with Crippen LogP contribution in [0.2, 0.25) is 0 Å². The number of fused-ring (bicyclic) bond motifs is 1. The number of aryl methyl sites for hydroxylation is 2. The van der Waals surface area contributed by atoms with Crippen LogP contribution >= 0.6 is 0 Å². The van der Waals surface area contributed by atoms with Crippen molar-refractivity contribution in [2.75, 3.05) is 7.11 Å². The maximum atomic E-state index is 5.33. The second-order valence-electron chi connectivity index (χ2n) is 5.34. The Labute approximate surface area is 120 Å². The molecule has 0 aliphatic heterocycles. The number of hydrogen-bond donors (Lipinski definition) is 1. The third-order valence-electron chi connectivity index (χ3n) is 4.12. The molecule has 3 nitrogen and oxygen atoms in total. The van der Waals surface area contributed by atoms with Gasteiger partial charge in [-0.15, -0.1) is 0 Å². The van der Waals surface area contributed by atoms with E-state index in [1.807, 2.05) is 18.5 Å². The van der Waals surface area contributed by atoms with Crippen molar-refractivity contribution in [1.82, 2.24) is 10.3 Å². The molecule has 3 rings (SSSR count). The predicted molar refractivity (Wildman–Crippen MR) is 79.9 cm³/mol. The molecule has 0 fully saturated rings. The normalized spacial score (nSPS) is 17.0. The van der Waals surface area contributed by atoms with Crippen LogP contribution in [0.1, 0.15) is 34.7 Å². The molecule has 1 atom stereocenters. The van der Waals surface area contributed by atoms with Crippen LogP contribution in [-0.4, -0.2) is 12.1 Å². The van der Waals surface area contributed by atoms with Gasteiger partial charge in [0.05, 0.1) is 7.11 Å². The fourth-order valence-corrected chi connectivity index (χ4v) is 2.83. The van der Waals surface area contributed by atoms with Crippen LogP contribution in [0.15, 0.2) is 36.7 Å². The van der Waals surface area contributed by atoms with Crippen LogP contribution < -0.4 is 10.1 Å². The molecular formula is C17H20N2O. The Morgan fingerprint density at radius 2 is 2.25 bits per heavy atom. The molecule has 0 saturated carbocycles. The number of hydrogen-bond acceptors (Lipinski definition) is 3. The predicted octanol–water partition coefficient (Wildman–Crippen LogP) is 3.18. The smallest absolute Gasteiger partial charge is 0.119 e. The zero-order valence-electron chi connectivity index (χ0n) is 12.0. The maximum Gasteiger partial charge on any atom is 0.119 e. The van der Waals surface area contributed by atoms with Crippen LogP contribution in [0.25, 0.3) is 0 Å². The lowest BCUT2D eigenvalue weighted by Crippen LogP contribution is -2.19. The Bertz CT molecular complexity index is 610. The minimum absolute atomic E-state index is 0.416.